The molecule has 2 aromatic carbocycles. The average Bonchev–Trinajstić information content (AvgIpc) is 3.51. The number of carbonyl (C=O) groups is 1. The number of nitrogens with one attached hydrogen (secondary N) is 1. The van der Waals surface area contributed by atoms with Crippen LogP contribution in [0.4, 0.5) is 0 Å². The Bertz CT molecular complexity index is 1190. The van der Waals surface area contributed by atoms with Crippen LogP contribution in [-0.2, 0) is 10.0 Å². The molecule has 0 radical (unpaired) electrons. The molecule has 1 saturated heterocycles. The van der Waals surface area contributed by atoms with E-state index in [0.717, 1.165) is 36.5 Å². The summed E-state index contributed by atoms with van der Waals surface area (Å²) in [6, 6.07) is 14.7. The first kappa shape index (κ1) is 21.5. The maximum atomic E-state index is 12.9. The summed E-state index contributed by atoms with van der Waals surface area (Å²) in [6.45, 7) is 5.00. The fourth-order valence-corrected chi connectivity index (χ4v) is 6.34. The molecule has 2 heterocycles. The van der Waals surface area contributed by atoms with Gasteiger partial charge in [0.25, 0.3) is 5.91 Å². The zero-order valence-electron chi connectivity index (χ0n) is 17.9. The number of benzene rings is 2. The summed E-state index contributed by atoms with van der Waals surface area (Å²) in [7, 11) is -3.50. The second-order valence-corrected chi connectivity index (χ2v) is 11.2. The predicted octanol–water partition coefficient (Wildman–Crippen LogP) is 3.26. The molecule has 3 aromatic rings. The maximum absolute atomic E-state index is 12.9. The van der Waals surface area contributed by atoms with Crippen molar-refractivity contribution >= 4 is 37.5 Å². The van der Waals surface area contributed by atoms with Crippen LogP contribution in [0.5, 0.6) is 0 Å². The Hall–Kier alpha value is -2.33. The van der Waals surface area contributed by atoms with E-state index in [-0.39, 0.29) is 22.9 Å². The van der Waals surface area contributed by atoms with Crippen molar-refractivity contribution in [2.75, 3.05) is 26.2 Å². The second-order valence-electron chi connectivity index (χ2n) is 8.44. The largest absolute Gasteiger partial charge is 0.336 e. The van der Waals surface area contributed by atoms with E-state index in [0.29, 0.717) is 18.7 Å². The molecule has 168 valence electrons. The van der Waals surface area contributed by atoms with Gasteiger partial charge in [-0.15, -0.1) is 11.3 Å². The highest BCUT2D eigenvalue weighted by molar-refractivity contribution is 7.89. The van der Waals surface area contributed by atoms with E-state index < -0.39 is 10.0 Å². The average molecular weight is 471 g/mol. The molecule has 1 atom stereocenters. The van der Waals surface area contributed by atoms with Crippen molar-refractivity contribution in [2.24, 2.45) is 0 Å². The van der Waals surface area contributed by atoms with Gasteiger partial charge in [-0.2, -0.15) is 0 Å². The molecule has 0 spiro atoms. The van der Waals surface area contributed by atoms with Crippen LogP contribution in [0.25, 0.3) is 10.2 Å². The van der Waals surface area contributed by atoms with Gasteiger partial charge in [-0.3, -0.25) is 9.69 Å². The summed E-state index contributed by atoms with van der Waals surface area (Å²) < 4.78 is 28.5. The van der Waals surface area contributed by atoms with Crippen molar-refractivity contribution in [3.05, 3.63) is 59.1 Å². The molecule has 2 aliphatic rings. The third-order valence-corrected chi connectivity index (χ3v) is 8.87. The molecular weight excluding hydrogens is 444 g/mol. The van der Waals surface area contributed by atoms with Crippen molar-refractivity contribution < 1.29 is 13.2 Å². The molecular formula is C23H26N4O3S2. The zero-order valence-corrected chi connectivity index (χ0v) is 19.5. The van der Waals surface area contributed by atoms with Crippen LogP contribution in [0.3, 0.4) is 0 Å². The van der Waals surface area contributed by atoms with Crippen molar-refractivity contribution in [2.45, 2.75) is 36.7 Å². The summed E-state index contributed by atoms with van der Waals surface area (Å²) in [6.07, 6.45) is 1.78. The molecule has 1 saturated carbocycles. The minimum absolute atomic E-state index is 0.0581. The summed E-state index contributed by atoms with van der Waals surface area (Å²) in [5.41, 5.74) is 1.55. The normalized spacial score (nSPS) is 18.7. The van der Waals surface area contributed by atoms with Crippen molar-refractivity contribution in [1.29, 1.82) is 0 Å². The molecule has 5 rings (SSSR count). The summed E-state index contributed by atoms with van der Waals surface area (Å²) in [5, 5.41) is 1.10. The fraction of sp³-hybridized carbons (Fsp3) is 0.391. The van der Waals surface area contributed by atoms with E-state index in [9.17, 15) is 13.2 Å². The van der Waals surface area contributed by atoms with Gasteiger partial charge in [0, 0.05) is 37.8 Å². The fourth-order valence-electron chi connectivity index (χ4n) is 3.99. The number of nitrogens with zero attached hydrogens (tertiary/aromatic N) is 3. The Labute approximate surface area is 192 Å². The lowest BCUT2D eigenvalue weighted by atomic mass is 10.1. The van der Waals surface area contributed by atoms with E-state index in [2.05, 4.69) is 22.6 Å². The molecule has 1 unspecified atom stereocenters. The number of fused-ring (bicyclic) bond motifs is 1. The van der Waals surface area contributed by atoms with Crippen molar-refractivity contribution in [3.63, 3.8) is 0 Å². The first-order valence-electron chi connectivity index (χ1n) is 10.9. The monoisotopic (exact) mass is 470 g/mol. The molecule has 0 bridgehead atoms. The summed E-state index contributed by atoms with van der Waals surface area (Å²) in [5.74, 6) is -0.0589. The highest BCUT2D eigenvalue weighted by Gasteiger charge is 2.29. The Morgan fingerprint density at radius 3 is 2.41 bits per heavy atom. The van der Waals surface area contributed by atoms with Crippen LogP contribution in [0.1, 0.15) is 41.2 Å². The number of hydrogen-bond acceptors (Lipinski definition) is 6. The lowest BCUT2D eigenvalue weighted by Gasteiger charge is -2.37. The van der Waals surface area contributed by atoms with E-state index in [1.54, 1.807) is 23.5 Å². The lowest BCUT2D eigenvalue weighted by Crippen LogP contribution is -2.49. The Balaban J connectivity index is 1.20. The lowest BCUT2D eigenvalue weighted by molar-refractivity contribution is 0.0582. The molecule has 1 aliphatic heterocycles. The third kappa shape index (κ3) is 4.43. The van der Waals surface area contributed by atoms with Gasteiger partial charge in [0.2, 0.25) is 10.0 Å². The van der Waals surface area contributed by atoms with Crippen LogP contribution < -0.4 is 4.72 Å². The number of carbonyl (C=O) groups excluding carboxylic acids is 1. The van der Waals surface area contributed by atoms with Gasteiger partial charge in [-0.25, -0.2) is 18.1 Å². The molecule has 2 fully saturated rings. The quantitative estimate of drug-likeness (QED) is 0.598. The smallest absolute Gasteiger partial charge is 0.253 e. The second kappa shape index (κ2) is 8.55. The van der Waals surface area contributed by atoms with E-state index >= 15 is 0 Å². The van der Waals surface area contributed by atoms with Crippen molar-refractivity contribution in [1.82, 2.24) is 19.5 Å². The first-order valence-corrected chi connectivity index (χ1v) is 13.2. The number of sulfonamides is 1. The minimum Gasteiger partial charge on any atom is -0.336 e. The van der Waals surface area contributed by atoms with E-state index in [1.165, 1.54) is 16.8 Å². The zero-order chi connectivity index (χ0) is 22.3. The van der Waals surface area contributed by atoms with Gasteiger partial charge in [0.15, 0.2) is 0 Å². The molecule has 1 N–H and O–H groups in total. The Morgan fingerprint density at radius 1 is 1.06 bits per heavy atom. The number of amides is 1. The molecule has 1 amide bonds. The number of thiazole rings is 1. The maximum Gasteiger partial charge on any atom is 0.253 e. The van der Waals surface area contributed by atoms with E-state index in [4.69, 9.17) is 4.98 Å². The topological polar surface area (TPSA) is 82.6 Å². The van der Waals surface area contributed by atoms with E-state index in [1.807, 2.05) is 23.1 Å². The summed E-state index contributed by atoms with van der Waals surface area (Å²) in [4.78, 5) is 22.1. The minimum atomic E-state index is -3.50. The highest BCUT2D eigenvalue weighted by atomic mass is 32.2. The number of hydrogen-bond donors (Lipinski definition) is 1. The van der Waals surface area contributed by atoms with Gasteiger partial charge >= 0.3 is 0 Å². The standard InChI is InChI=1S/C23H26N4O3S2/c1-16(22-24-20-4-2-3-5-21(20)31-22)26-12-14-27(15-13-26)23(28)17-6-10-19(11-7-17)32(29,30)25-18-8-9-18/h2-7,10-11,16,18,25H,8-9,12-15H2,1H3. The van der Waals surface area contributed by atoms with Gasteiger partial charge in [0.05, 0.1) is 21.2 Å². The van der Waals surface area contributed by atoms with Crippen LogP contribution in [0, 0.1) is 0 Å². The van der Waals surface area contributed by atoms with Gasteiger partial charge in [0.1, 0.15) is 5.01 Å². The molecule has 1 aromatic heterocycles. The van der Waals surface area contributed by atoms with Crippen LogP contribution in [0.15, 0.2) is 53.4 Å². The van der Waals surface area contributed by atoms with Crippen molar-refractivity contribution in [3.8, 4) is 0 Å². The van der Waals surface area contributed by atoms with Gasteiger partial charge < -0.3 is 4.90 Å². The highest BCUT2D eigenvalue weighted by Crippen LogP contribution is 2.30. The first-order chi connectivity index (χ1) is 15.4. The molecule has 32 heavy (non-hydrogen) atoms. The molecule has 7 nitrogen and oxygen atoms in total. The Kier molecular flexibility index (Phi) is 5.75. The number of aromatic nitrogens is 1. The van der Waals surface area contributed by atoms with Crippen LogP contribution in [-0.4, -0.2) is 61.3 Å². The van der Waals surface area contributed by atoms with Crippen LogP contribution >= 0.6 is 11.3 Å². The van der Waals surface area contributed by atoms with Gasteiger partial charge in [-0.1, -0.05) is 12.1 Å². The number of rotatable bonds is 6. The Morgan fingerprint density at radius 2 is 1.75 bits per heavy atom. The number of para-hydroxylation sites is 1. The van der Waals surface area contributed by atoms with Gasteiger partial charge in [-0.05, 0) is 56.2 Å². The third-order valence-electron chi connectivity index (χ3n) is 6.13. The summed E-state index contributed by atoms with van der Waals surface area (Å²) >= 11 is 1.73. The predicted molar refractivity (Wildman–Crippen MR) is 125 cm³/mol. The van der Waals surface area contributed by atoms with Crippen LogP contribution in [0.2, 0.25) is 0 Å². The number of piperazine rings is 1. The molecule has 1 aliphatic carbocycles. The SMILES string of the molecule is CC(c1nc2ccccc2s1)N1CCN(C(=O)c2ccc(S(=O)(=O)NC3CC3)cc2)CC1. The molecule has 9 heteroatoms.